The van der Waals surface area contributed by atoms with Crippen LogP contribution < -0.4 is 10.2 Å². The predicted molar refractivity (Wildman–Crippen MR) is 76.6 cm³/mol. The summed E-state index contributed by atoms with van der Waals surface area (Å²) in [6.07, 6.45) is 3.16. The van der Waals surface area contributed by atoms with Crippen molar-refractivity contribution in [2.24, 2.45) is 0 Å². The van der Waals surface area contributed by atoms with E-state index in [9.17, 15) is 0 Å². The van der Waals surface area contributed by atoms with Crippen LogP contribution in [0.25, 0.3) is 0 Å². The summed E-state index contributed by atoms with van der Waals surface area (Å²) in [6.45, 7) is 4.11. The molecule has 1 N–H and O–H groups in total. The minimum atomic E-state index is 0.289. The first-order valence-electron chi connectivity index (χ1n) is 6.91. The van der Waals surface area contributed by atoms with Crippen molar-refractivity contribution in [2.75, 3.05) is 31.1 Å². The highest BCUT2D eigenvalue weighted by atomic mass is 16.5. The van der Waals surface area contributed by atoms with E-state index >= 15 is 0 Å². The molecule has 2 heterocycles. The molecule has 5 nitrogen and oxygen atoms in total. The summed E-state index contributed by atoms with van der Waals surface area (Å²) in [5.74, 6) is 0.889. The van der Waals surface area contributed by atoms with Crippen molar-refractivity contribution < 1.29 is 9.15 Å². The van der Waals surface area contributed by atoms with E-state index < -0.39 is 0 Å². The van der Waals surface area contributed by atoms with E-state index in [-0.39, 0.29) is 6.04 Å². The number of piperazine rings is 1. The van der Waals surface area contributed by atoms with Crippen molar-refractivity contribution in [3.05, 3.63) is 48.6 Å². The van der Waals surface area contributed by atoms with Gasteiger partial charge in [-0.1, -0.05) is 30.3 Å². The number of rotatable bonds is 5. The molecule has 5 heteroatoms. The topological polar surface area (TPSA) is 50.5 Å². The van der Waals surface area contributed by atoms with Gasteiger partial charge in [0.2, 0.25) is 0 Å². The first-order chi connectivity index (χ1) is 9.93. The van der Waals surface area contributed by atoms with Gasteiger partial charge < -0.3 is 19.4 Å². The van der Waals surface area contributed by atoms with Crippen molar-refractivity contribution in [1.82, 2.24) is 10.3 Å². The van der Waals surface area contributed by atoms with Gasteiger partial charge in [-0.15, -0.1) is 0 Å². The molecule has 1 atom stereocenters. The highest BCUT2D eigenvalue weighted by Crippen LogP contribution is 2.16. The molecule has 1 aliphatic rings. The number of hydrogen-bond donors (Lipinski definition) is 1. The lowest BCUT2D eigenvalue weighted by atomic mass is 10.2. The average molecular weight is 273 g/mol. The zero-order valence-electron chi connectivity index (χ0n) is 11.4. The zero-order valence-corrected chi connectivity index (χ0v) is 11.4. The first kappa shape index (κ1) is 13.1. The lowest BCUT2D eigenvalue weighted by Crippen LogP contribution is -2.53. The van der Waals surface area contributed by atoms with Crippen LogP contribution in [0, 0.1) is 0 Å². The van der Waals surface area contributed by atoms with Crippen LogP contribution in [-0.4, -0.2) is 37.3 Å². The minimum Gasteiger partial charge on any atom is -0.449 e. The summed E-state index contributed by atoms with van der Waals surface area (Å²) in [7, 11) is 0. The Morgan fingerprint density at radius 1 is 1.35 bits per heavy atom. The molecule has 1 aliphatic heterocycles. The van der Waals surface area contributed by atoms with Crippen molar-refractivity contribution >= 4 is 5.82 Å². The maximum absolute atomic E-state index is 5.85. The molecule has 3 rings (SSSR count). The van der Waals surface area contributed by atoms with Gasteiger partial charge in [0.25, 0.3) is 0 Å². The van der Waals surface area contributed by atoms with Crippen LogP contribution in [0.2, 0.25) is 0 Å². The fourth-order valence-electron chi connectivity index (χ4n) is 2.45. The van der Waals surface area contributed by atoms with Gasteiger partial charge in [-0.2, -0.15) is 4.98 Å². The third-order valence-corrected chi connectivity index (χ3v) is 3.49. The molecule has 1 aromatic carbocycles. The molecular weight excluding hydrogens is 254 g/mol. The van der Waals surface area contributed by atoms with Gasteiger partial charge >= 0.3 is 0 Å². The summed E-state index contributed by atoms with van der Waals surface area (Å²) in [5.41, 5.74) is 1.20. The van der Waals surface area contributed by atoms with Crippen LogP contribution >= 0.6 is 0 Å². The Morgan fingerprint density at radius 2 is 2.25 bits per heavy atom. The van der Waals surface area contributed by atoms with E-state index in [1.54, 1.807) is 6.26 Å². The van der Waals surface area contributed by atoms with Gasteiger partial charge in [0.05, 0.1) is 19.3 Å². The maximum atomic E-state index is 5.85. The molecule has 0 amide bonds. The molecule has 1 unspecified atom stereocenters. The molecule has 1 aromatic heterocycles. The number of benzene rings is 1. The number of ether oxygens (including phenoxy) is 1. The lowest BCUT2D eigenvalue weighted by molar-refractivity contribution is 0.102. The van der Waals surface area contributed by atoms with Gasteiger partial charge in [0.15, 0.2) is 12.2 Å². The van der Waals surface area contributed by atoms with E-state index in [1.807, 2.05) is 18.2 Å². The molecule has 1 saturated heterocycles. The van der Waals surface area contributed by atoms with E-state index in [4.69, 9.17) is 9.15 Å². The molecule has 0 spiro atoms. The molecule has 20 heavy (non-hydrogen) atoms. The Bertz CT molecular complexity index is 501. The smallest absolute Gasteiger partial charge is 0.182 e. The monoisotopic (exact) mass is 273 g/mol. The quantitative estimate of drug-likeness (QED) is 0.898. The Hall–Kier alpha value is -1.85. The Labute approximate surface area is 118 Å². The van der Waals surface area contributed by atoms with Crippen molar-refractivity contribution in [3.8, 4) is 0 Å². The molecular formula is C15H19N3O2. The number of nitrogens with zero attached hydrogens (tertiary/aromatic N) is 2. The second-order valence-electron chi connectivity index (χ2n) is 4.90. The SMILES string of the molecule is c1ccc(COCC2CNCCN2c2cocn2)cc1. The molecule has 106 valence electrons. The normalized spacial score (nSPS) is 19.2. The average Bonchev–Trinajstić information content (AvgIpc) is 3.03. The molecule has 1 fully saturated rings. The van der Waals surface area contributed by atoms with Gasteiger partial charge in [0, 0.05) is 19.6 Å². The summed E-state index contributed by atoms with van der Waals surface area (Å²) in [5, 5.41) is 3.40. The van der Waals surface area contributed by atoms with Crippen LogP contribution in [0.1, 0.15) is 5.56 Å². The summed E-state index contributed by atoms with van der Waals surface area (Å²) < 4.78 is 10.9. The van der Waals surface area contributed by atoms with Crippen LogP contribution in [0.5, 0.6) is 0 Å². The third-order valence-electron chi connectivity index (χ3n) is 3.49. The molecule has 0 aliphatic carbocycles. The first-order valence-corrected chi connectivity index (χ1v) is 6.91. The summed E-state index contributed by atoms with van der Waals surface area (Å²) >= 11 is 0. The number of oxazole rings is 1. The summed E-state index contributed by atoms with van der Waals surface area (Å²) in [6, 6.07) is 10.5. The van der Waals surface area contributed by atoms with Crippen molar-refractivity contribution in [2.45, 2.75) is 12.6 Å². The van der Waals surface area contributed by atoms with Gasteiger partial charge in [-0.25, -0.2) is 0 Å². The number of hydrogen-bond acceptors (Lipinski definition) is 5. The van der Waals surface area contributed by atoms with E-state index in [0.29, 0.717) is 13.2 Å². The Kier molecular flexibility index (Phi) is 4.30. The van der Waals surface area contributed by atoms with Gasteiger partial charge in [-0.05, 0) is 5.56 Å². The maximum Gasteiger partial charge on any atom is 0.182 e. The van der Waals surface area contributed by atoms with Crippen LogP contribution in [-0.2, 0) is 11.3 Å². The fraction of sp³-hybridized carbons (Fsp3) is 0.400. The minimum absolute atomic E-state index is 0.289. The molecule has 0 saturated carbocycles. The van der Waals surface area contributed by atoms with E-state index in [0.717, 1.165) is 25.5 Å². The lowest BCUT2D eigenvalue weighted by Gasteiger charge is -2.35. The largest absolute Gasteiger partial charge is 0.449 e. The van der Waals surface area contributed by atoms with Crippen LogP contribution in [0.3, 0.4) is 0 Å². The Balaban J connectivity index is 1.55. The van der Waals surface area contributed by atoms with Crippen molar-refractivity contribution in [1.29, 1.82) is 0 Å². The predicted octanol–water partition coefficient (Wildman–Crippen LogP) is 1.67. The van der Waals surface area contributed by atoms with Gasteiger partial charge in [0.1, 0.15) is 6.26 Å². The molecule has 2 aromatic rings. The highest BCUT2D eigenvalue weighted by molar-refractivity contribution is 5.37. The number of aromatic nitrogens is 1. The fourth-order valence-corrected chi connectivity index (χ4v) is 2.45. The molecule has 0 bridgehead atoms. The summed E-state index contributed by atoms with van der Waals surface area (Å²) in [4.78, 5) is 6.47. The van der Waals surface area contributed by atoms with Crippen molar-refractivity contribution in [3.63, 3.8) is 0 Å². The molecule has 0 radical (unpaired) electrons. The number of anilines is 1. The second-order valence-corrected chi connectivity index (χ2v) is 4.90. The van der Waals surface area contributed by atoms with E-state index in [1.165, 1.54) is 12.0 Å². The Morgan fingerprint density at radius 3 is 3.05 bits per heavy atom. The number of nitrogens with one attached hydrogen (secondary N) is 1. The van der Waals surface area contributed by atoms with Gasteiger partial charge in [-0.3, -0.25) is 0 Å². The van der Waals surface area contributed by atoms with E-state index in [2.05, 4.69) is 27.3 Å². The second kappa shape index (κ2) is 6.54. The zero-order chi connectivity index (χ0) is 13.6. The van der Waals surface area contributed by atoms with Crippen LogP contribution in [0.4, 0.5) is 5.82 Å². The highest BCUT2D eigenvalue weighted by Gasteiger charge is 2.24. The standard InChI is InChI=1S/C15H19N3O2/c1-2-4-13(5-3-1)9-19-10-14-8-16-6-7-18(14)15-11-20-12-17-15/h1-5,11-12,14,16H,6-10H2. The third kappa shape index (κ3) is 3.18. The van der Waals surface area contributed by atoms with Crippen LogP contribution in [0.15, 0.2) is 47.4 Å².